The number of benzene rings is 2. The molecule has 1 N–H and O–H groups in total. The van der Waals surface area contributed by atoms with Crippen molar-refractivity contribution in [2.24, 2.45) is 0 Å². The zero-order chi connectivity index (χ0) is 20.3. The van der Waals surface area contributed by atoms with Crippen molar-refractivity contribution in [3.05, 3.63) is 58.6 Å². The molecule has 0 saturated heterocycles. The third kappa shape index (κ3) is 4.57. The Labute approximate surface area is 171 Å². The van der Waals surface area contributed by atoms with Gasteiger partial charge in [0.25, 0.3) is 5.91 Å². The molecule has 0 saturated carbocycles. The molecule has 0 aromatic heterocycles. The molecule has 1 atom stereocenters. The third-order valence-electron chi connectivity index (χ3n) is 4.87. The summed E-state index contributed by atoms with van der Waals surface area (Å²) >= 11 is 6.02. The number of aryl methyl sites for hydroxylation is 1. The molecule has 1 aliphatic heterocycles. The van der Waals surface area contributed by atoms with E-state index in [0.29, 0.717) is 17.1 Å². The Bertz CT molecular complexity index is 975. The van der Waals surface area contributed by atoms with Crippen LogP contribution >= 0.6 is 11.6 Å². The van der Waals surface area contributed by atoms with Gasteiger partial charge in [0.1, 0.15) is 0 Å². The van der Waals surface area contributed by atoms with Crippen molar-refractivity contribution in [1.82, 2.24) is 4.72 Å². The van der Waals surface area contributed by atoms with Crippen LogP contribution in [0, 0.1) is 0 Å². The zero-order valence-corrected chi connectivity index (χ0v) is 17.7. The predicted molar refractivity (Wildman–Crippen MR) is 113 cm³/mol. The number of fused-ring (bicyclic) bond motifs is 1. The highest BCUT2D eigenvalue weighted by Crippen LogP contribution is 2.31. The van der Waals surface area contributed by atoms with Gasteiger partial charge in [-0.05, 0) is 68.1 Å². The van der Waals surface area contributed by atoms with Gasteiger partial charge in [0.2, 0.25) is 10.0 Å². The summed E-state index contributed by atoms with van der Waals surface area (Å²) in [6.07, 6.45) is 3.21. The molecular formula is C21H25ClN2O3S. The molecule has 2 aromatic rings. The normalized spacial score (nSPS) is 15.2. The van der Waals surface area contributed by atoms with Gasteiger partial charge in [0.05, 0.1) is 4.90 Å². The van der Waals surface area contributed by atoms with Crippen molar-refractivity contribution in [2.75, 3.05) is 11.4 Å². The number of rotatable bonds is 6. The van der Waals surface area contributed by atoms with E-state index >= 15 is 0 Å². The lowest BCUT2D eigenvalue weighted by molar-refractivity contribution is 0.0985. The fourth-order valence-electron chi connectivity index (χ4n) is 3.55. The van der Waals surface area contributed by atoms with Crippen LogP contribution < -0.4 is 9.62 Å². The Balaban J connectivity index is 1.89. The van der Waals surface area contributed by atoms with Crippen LogP contribution in [0.4, 0.5) is 5.69 Å². The molecule has 0 fully saturated rings. The van der Waals surface area contributed by atoms with Gasteiger partial charge in [-0.25, -0.2) is 13.1 Å². The van der Waals surface area contributed by atoms with E-state index in [2.05, 4.69) is 4.72 Å². The predicted octanol–water partition coefficient (Wildman–Crippen LogP) is 4.40. The lowest BCUT2D eigenvalue weighted by Gasteiger charge is -2.30. The Morgan fingerprint density at radius 1 is 1.25 bits per heavy atom. The number of hydrogen-bond donors (Lipinski definition) is 1. The summed E-state index contributed by atoms with van der Waals surface area (Å²) in [5, 5.41) is 0.511. The number of nitrogens with zero attached hydrogens (tertiary/aromatic N) is 1. The minimum atomic E-state index is -3.58. The zero-order valence-electron chi connectivity index (χ0n) is 16.1. The van der Waals surface area contributed by atoms with Gasteiger partial charge >= 0.3 is 0 Å². The monoisotopic (exact) mass is 420 g/mol. The maximum atomic E-state index is 13.0. The summed E-state index contributed by atoms with van der Waals surface area (Å²) in [6, 6.07) is 11.7. The molecule has 7 heteroatoms. The Kier molecular flexibility index (Phi) is 6.43. The molecule has 1 aliphatic rings. The van der Waals surface area contributed by atoms with E-state index in [9.17, 15) is 13.2 Å². The number of sulfonamides is 1. The second-order valence-electron chi connectivity index (χ2n) is 7.17. The quantitative estimate of drug-likeness (QED) is 0.753. The van der Waals surface area contributed by atoms with E-state index in [1.807, 2.05) is 13.8 Å². The van der Waals surface area contributed by atoms with Gasteiger partial charge in [0, 0.05) is 28.9 Å². The van der Waals surface area contributed by atoms with Crippen molar-refractivity contribution in [3.8, 4) is 0 Å². The first-order valence-electron chi connectivity index (χ1n) is 9.54. The Hall–Kier alpha value is -1.89. The molecule has 5 nitrogen and oxygen atoms in total. The van der Waals surface area contributed by atoms with Crippen LogP contribution in [-0.2, 0) is 16.4 Å². The van der Waals surface area contributed by atoms with Crippen LogP contribution in [-0.4, -0.2) is 26.9 Å². The summed E-state index contributed by atoms with van der Waals surface area (Å²) in [7, 11) is -3.58. The second kappa shape index (κ2) is 8.64. The van der Waals surface area contributed by atoms with E-state index in [0.717, 1.165) is 36.9 Å². The fraction of sp³-hybridized carbons (Fsp3) is 0.381. The Morgan fingerprint density at radius 2 is 2.04 bits per heavy atom. The number of nitrogens with one attached hydrogen (secondary N) is 1. The van der Waals surface area contributed by atoms with Gasteiger partial charge in [-0.1, -0.05) is 31.0 Å². The van der Waals surface area contributed by atoms with Crippen molar-refractivity contribution in [3.63, 3.8) is 0 Å². The van der Waals surface area contributed by atoms with Crippen LogP contribution in [0.1, 0.15) is 49.0 Å². The molecule has 28 heavy (non-hydrogen) atoms. The maximum Gasteiger partial charge on any atom is 0.258 e. The summed E-state index contributed by atoms with van der Waals surface area (Å²) in [5.41, 5.74) is 2.15. The lowest BCUT2D eigenvalue weighted by atomic mass is 10.0. The highest BCUT2D eigenvalue weighted by Gasteiger charge is 2.26. The number of anilines is 1. The molecule has 3 rings (SSSR count). The van der Waals surface area contributed by atoms with Crippen molar-refractivity contribution >= 4 is 33.2 Å². The Morgan fingerprint density at radius 3 is 2.75 bits per heavy atom. The summed E-state index contributed by atoms with van der Waals surface area (Å²) in [5.74, 6) is -0.131. The standard InChI is InChI=1S/C21H25ClN2O3S/c1-3-6-15(2)23-28(26,27)19-10-11-20-16(14-19)8-5-12-24(20)21(25)17-7-4-9-18(22)13-17/h4,7,9-11,13-15,23H,3,5-6,8,12H2,1-2H3/t15-/m0/s1. The number of carbonyl (C=O) groups excluding carboxylic acids is 1. The smallest absolute Gasteiger partial charge is 0.258 e. The van der Waals surface area contributed by atoms with Crippen LogP contribution in [0.25, 0.3) is 0 Å². The molecule has 150 valence electrons. The first-order valence-corrected chi connectivity index (χ1v) is 11.4. The van der Waals surface area contributed by atoms with Crippen LogP contribution in [0.15, 0.2) is 47.4 Å². The summed E-state index contributed by atoms with van der Waals surface area (Å²) < 4.78 is 28.1. The average molecular weight is 421 g/mol. The number of hydrogen-bond acceptors (Lipinski definition) is 3. The average Bonchev–Trinajstić information content (AvgIpc) is 2.66. The maximum absolute atomic E-state index is 13.0. The highest BCUT2D eigenvalue weighted by molar-refractivity contribution is 7.89. The van der Waals surface area contributed by atoms with E-state index in [1.165, 1.54) is 0 Å². The summed E-state index contributed by atoms with van der Waals surface area (Å²) in [6.45, 7) is 4.48. The minimum absolute atomic E-state index is 0.119. The van der Waals surface area contributed by atoms with Crippen LogP contribution in [0.3, 0.4) is 0 Å². The minimum Gasteiger partial charge on any atom is -0.308 e. The van der Waals surface area contributed by atoms with Crippen molar-refractivity contribution < 1.29 is 13.2 Å². The molecule has 0 bridgehead atoms. The fourth-order valence-corrected chi connectivity index (χ4v) is 5.07. The molecule has 0 aliphatic carbocycles. The molecule has 0 radical (unpaired) electrons. The third-order valence-corrected chi connectivity index (χ3v) is 6.70. The molecule has 1 heterocycles. The summed E-state index contributed by atoms with van der Waals surface area (Å²) in [4.78, 5) is 14.9. The van der Waals surface area contributed by atoms with Gasteiger partial charge < -0.3 is 4.90 Å². The topological polar surface area (TPSA) is 66.5 Å². The first-order chi connectivity index (χ1) is 13.3. The SMILES string of the molecule is CCC[C@H](C)NS(=O)(=O)c1ccc2c(c1)CCCN2C(=O)c1cccc(Cl)c1. The first kappa shape index (κ1) is 20.8. The van der Waals surface area contributed by atoms with Crippen molar-refractivity contribution in [1.29, 1.82) is 0 Å². The van der Waals surface area contributed by atoms with Gasteiger partial charge in [0.15, 0.2) is 0 Å². The lowest BCUT2D eigenvalue weighted by Crippen LogP contribution is -2.36. The highest BCUT2D eigenvalue weighted by atomic mass is 35.5. The van der Waals surface area contributed by atoms with Gasteiger partial charge in [-0.15, -0.1) is 0 Å². The van der Waals surface area contributed by atoms with Gasteiger partial charge in [-0.2, -0.15) is 0 Å². The molecule has 0 spiro atoms. The molecule has 1 amide bonds. The number of amides is 1. The molecule has 2 aromatic carbocycles. The van der Waals surface area contributed by atoms with Gasteiger partial charge in [-0.3, -0.25) is 4.79 Å². The van der Waals surface area contributed by atoms with Crippen LogP contribution in [0.5, 0.6) is 0 Å². The second-order valence-corrected chi connectivity index (χ2v) is 9.32. The molecule has 0 unspecified atom stereocenters. The largest absolute Gasteiger partial charge is 0.308 e. The van der Waals surface area contributed by atoms with Crippen molar-refractivity contribution in [2.45, 2.75) is 50.5 Å². The van der Waals surface area contributed by atoms with E-state index in [-0.39, 0.29) is 16.8 Å². The number of halogens is 1. The van der Waals surface area contributed by atoms with E-state index in [1.54, 1.807) is 47.4 Å². The molecular weight excluding hydrogens is 396 g/mol. The van der Waals surface area contributed by atoms with Crippen LogP contribution in [0.2, 0.25) is 5.02 Å². The van der Waals surface area contributed by atoms with E-state index in [4.69, 9.17) is 11.6 Å². The number of carbonyl (C=O) groups is 1. The van der Waals surface area contributed by atoms with E-state index < -0.39 is 10.0 Å².